The highest BCUT2D eigenvalue weighted by Gasteiger charge is 2.13. The van der Waals surface area contributed by atoms with E-state index in [0.29, 0.717) is 5.82 Å². The fourth-order valence-electron chi connectivity index (χ4n) is 1.87. The van der Waals surface area contributed by atoms with Crippen molar-refractivity contribution in [3.05, 3.63) is 18.1 Å². The van der Waals surface area contributed by atoms with Crippen molar-refractivity contribution in [3.8, 4) is 0 Å². The number of nitrogen functional groups attached to an aromatic ring is 1. The van der Waals surface area contributed by atoms with Crippen molar-refractivity contribution in [2.75, 3.05) is 5.73 Å². The first-order chi connectivity index (χ1) is 7.34. The van der Waals surface area contributed by atoms with Crippen molar-refractivity contribution < 1.29 is 0 Å². The van der Waals surface area contributed by atoms with Gasteiger partial charge < -0.3 is 5.73 Å². The van der Waals surface area contributed by atoms with E-state index in [4.69, 9.17) is 5.73 Å². The smallest absolute Gasteiger partial charge is 0.141 e. The molecule has 2 N–H and O–H groups in total. The Balaban J connectivity index is 1.79. The van der Waals surface area contributed by atoms with E-state index in [2.05, 4.69) is 9.97 Å². The molecule has 0 aromatic carbocycles. The molecule has 3 nitrogen and oxygen atoms in total. The summed E-state index contributed by atoms with van der Waals surface area (Å²) in [6.45, 7) is 0. The second kappa shape index (κ2) is 5.35. The molecule has 1 aliphatic rings. The number of thioether (sulfide) groups is 1. The Morgan fingerprint density at radius 1 is 1.20 bits per heavy atom. The zero-order valence-electron chi connectivity index (χ0n) is 8.85. The molecular weight excluding hydrogens is 206 g/mol. The summed E-state index contributed by atoms with van der Waals surface area (Å²) >= 11 is 2.01. The summed E-state index contributed by atoms with van der Waals surface area (Å²) in [7, 11) is 0. The number of hydrogen-bond donors (Lipinski definition) is 1. The minimum Gasteiger partial charge on any atom is -0.382 e. The van der Waals surface area contributed by atoms with Crippen LogP contribution >= 0.6 is 11.8 Å². The van der Waals surface area contributed by atoms with Crippen LogP contribution in [0.1, 0.15) is 37.8 Å². The van der Waals surface area contributed by atoms with E-state index in [-0.39, 0.29) is 0 Å². The molecule has 0 aliphatic heterocycles. The molecule has 0 atom stereocenters. The third kappa shape index (κ3) is 3.38. The van der Waals surface area contributed by atoms with Gasteiger partial charge in [-0.1, -0.05) is 19.3 Å². The van der Waals surface area contributed by atoms with E-state index in [1.54, 1.807) is 12.4 Å². The van der Waals surface area contributed by atoms with E-state index in [1.165, 1.54) is 32.1 Å². The van der Waals surface area contributed by atoms with Gasteiger partial charge in [0.25, 0.3) is 0 Å². The monoisotopic (exact) mass is 223 g/mol. The second-order valence-corrected chi connectivity index (χ2v) is 5.29. The van der Waals surface area contributed by atoms with E-state index in [1.807, 2.05) is 11.8 Å². The van der Waals surface area contributed by atoms with Crippen LogP contribution in [0.15, 0.2) is 12.4 Å². The lowest BCUT2D eigenvalue weighted by molar-refractivity contribution is 0.516. The van der Waals surface area contributed by atoms with Crippen LogP contribution in [0.25, 0.3) is 0 Å². The number of aromatic nitrogens is 2. The molecule has 1 saturated carbocycles. The summed E-state index contributed by atoms with van der Waals surface area (Å²) in [6.07, 6.45) is 10.4. The lowest BCUT2D eigenvalue weighted by atomic mass is 10.0. The Labute approximate surface area is 94.9 Å². The zero-order chi connectivity index (χ0) is 10.5. The molecule has 1 aliphatic carbocycles. The lowest BCUT2D eigenvalue weighted by Crippen LogP contribution is -2.08. The number of nitrogens with two attached hydrogens (primary N) is 1. The summed E-state index contributed by atoms with van der Waals surface area (Å²) in [5.41, 5.74) is 6.53. The van der Waals surface area contributed by atoms with E-state index in [0.717, 1.165) is 16.7 Å². The summed E-state index contributed by atoms with van der Waals surface area (Å²) in [5, 5.41) is 0.832. The first-order valence-corrected chi connectivity index (χ1v) is 6.57. The van der Waals surface area contributed by atoms with Crippen LogP contribution in [-0.2, 0) is 5.75 Å². The van der Waals surface area contributed by atoms with Gasteiger partial charge in [-0.2, -0.15) is 11.8 Å². The molecule has 1 aromatic heterocycles. The largest absolute Gasteiger partial charge is 0.382 e. The maximum absolute atomic E-state index is 5.49. The van der Waals surface area contributed by atoms with Gasteiger partial charge in [0.05, 0.1) is 18.1 Å². The SMILES string of the molecule is Nc1cnc(CSC2CCCCC2)cn1. The van der Waals surface area contributed by atoms with Gasteiger partial charge in [0.15, 0.2) is 0 Å². The van der Waals surface area contributed by atoms with Crippen molar-refractivity contribution in [3.63, 3.8) is 0 Å². The Hall–Kier alpha value is -0.770. The molecule has 0 bridgehead atoms. The first kappa shape index (κ1) is 10.7. The van der Waals surface area contributed by atoms with Crippen molar-refractivity contribution in [1.29, 1.82) is 0 Å². The molecule has 1 fully saturated rings. The zero-order valence-corrected chi connectivity index (χ0v) is 9.67. The Kier molecular flexibility index (Phi) is 3.83. The normalized spacial score (nSPS) is 17.9. The van der Waals surface area contributed by atoms with Gasteiger partial charge >= 0.3 is 0 Å². The maximum atomic E-state index is 5.49. The molecule has 4 heteroatoms. The molecule has 2 rings (SSSR count). The second-order valence-electron chi connectivity index (χ2n) is 4.00. The van der Waals surface area contributed by atoms with Gasteiger partial charge in [0.2, 0.25) is 0 Å². The third-order valence-corrected chi connectivity index (χ3v) is 4.15. The van der Waals surface area contributed by atoms with Gasteiger partial charge in [0.1, 0.15) is 5.82 Å². The van der Waals surface area contributed by atoms with Crippen molar-refractivity contribution in [2.24, 2.45) is 0 Å². The predicted molar refractivity (Wildman–Crippen MR) is 64.6 cm³/mol. The fraction of sp³-hybridized carbons (Fsp3) is 0.636. The predicted octanol–water partition coefficient (Wildman–Crippen LogP) is 2.62. The quantitative estimate of drug-likeness (QED) is 0.856. The number of nitrogens with zero attached hydrogens (tertiary/aromatic N) is 2. The average Bonchev–Trinajstić information content (AvgIpc) is 2.30. The van der Waals surface area contributed by atoms with Gasteiger partial charge in [-0.3, -0.25) is 4.98 Å². The molecule has 82 valence electrons. The van der Waals surface area contributed by atoms with Crippen LogP contribution < -0.4 is 5.73 Å². The molecule has 0 spiro atoms. The summed E-state index contributed by atoms with van der Waals surface area (Å²) in [5.74, 6) is 1.47. The molecule has 0 radical (unpaired) electrons. The van der Waals surface area contributed by atoms with Gasteiger partial charge in [-0.15, -0.1) is 0 Å². The highest BCUT2D eigenvalue weighted by molar-refractivity contribution is 7.99. The van der Waals surface area contributed by atoms with Crippen LogP contribution in [0.5, 0.6) is 0 Å². The minimum absolute atomic E-state index is 0.501. The average molecular weight is 223 g/mol. The summed E-state index contributed by atoms with van der Waals surface area (Å²) in [6, 6.07) is 0. The van der Waals surface area contributed by atoms with Crippen molar-refractivity contribution in [1.82, 2.24) is 9.97 Å². The van der Waals surface area contributed by atoms with Gasteiger partial charge in [-0.05, 0) is 12.8 Å². The van der Waals surface area contributed by atoms with Crippen LogP contribution in [0, 0.1) is 0 Å². The van der Waals surface area contributed by atoms with Crippen LogP contribution in [0.3, 0.4) is 0 Å². The maximum Gasteiger partial charge on any atom is 0.141 e. The van der Waals surface area contributed by atoms with Crippen molar-refractivity contribution >= 4 is 17.6 Å². The van der Waals surface area contributed by atoms with E-state index >= 15 is 0 Å². The topological polar surface area (TPSA) is 51.8 Å². The minimum atomic E-state index is 0.501. The highest BCUT2D eigenvalue weighted by atomic mass is 32.2. The standard InChI is InChI=1S/C11H17N3S/c12-11-7-13-9(6-14-11)8-15-10-4-2-1-3-5-10/h6-7,10H,1-5,8H2,(H2,12,14). The van der Waals surface area contributed by atoms with E-state index in [9.17, 15) is 0 Å². The van der Waals surface area contributed by atoms with Crippen LogP contribution in [-0.4, -0.2) is 15.2 Å². The lowest BCUT2D eigenvalue weighted by Gasteiger charge is -2.20. The molecule has 0 unspecified atom stereocenters. The summed E-state index contributed by atoms with van der Waals surface area (Å²) < 4.78 is 0. The number of hydrogen-bond acceptors (Lipinski definition) is 4. The molecular formula is C11H17N3S. The molecule has 1 heterocycles. The van der Waals surface area contributed by atoms with Crippen molar-refractivity contribution in [2.45, 2.75) is 43.1 Å². The van der Waals surface area contributed by atoms with E-state index < -0.39 is 0 Å². The number of anilines is 1. The Morgan fingerprint density at radius 3 is 2.67 bits per heavy atom. The Bertz CT molecular complexity index is 293. The van der Waals surface area contributed by atoms with Crippen LogP contribution in [0.4, 0.5) is 5.82 Å². The third-order valence-electron chi connectivity index (χ3n) is 2.74. The molecule has 0 amide bonds. The van der Waals surface area contributed by atoms with Gasteiger partial charge in [-0.25, -0.2) is 4.98 Å². The van der Waals surface area contributed by atoms with Crippen LogP contribution in [0.2, 0.25) is 0 Å². The number of rotatable bonds is 3. The molecule has 1 aromatic rings. The molecule has 0 saturated heterocycles. The molecule has 15 heavy (non-hydrogen) atoms. The fourth-order valence-corrected chi connectivity index (χ4v) is 3.10. The highest BCUT2D eigenvalue weighted by Crippen LogP contribution is 2.29. The first-order valence-electron chi connectivity index (χ1n) is 5.52. The Morgan fingerprint density at radius 2 is 2.00 bits per heavy atom. The van der Waals surface area contributed by atoms with Gasteiger partial charge in [0, 0.05) is 11.0 Å². The summed E-state index contributed by atoms with van der Waals surface area (Å²) in [4.78, 5) is 8.30.